The fraction of sp³-hybridized carbons (Fsp3) is 0. The third kappa shape index (κ3) is 5.35. The topological polar surface area (TPSA) is 43.6 Å². The van der Waals surface area contributed by atoms with Gasteiger partial charge >= 0.3 is 0 Å². The Hall–Kier alpha value is -6.65. The molecule has 0 saturated carbocycles. The molecule has 49 heavy (non-hydrogen) atoms. The average molecular weight is 634 g/mol. The van der Waals surface area contributed by atoms with Crippen molar-refractivity contribution in [3.05, 3.63) is 182 Å². The fourth-order valence-electron chi connectivity index (χ4n) is 6.07. The minimum atomic E-state index is -0.451. The molecule has 2 heterocycles. The number of fused-ring (bicyclic) bond motifs is 3. The number of hydrogen-bond donors (Lipinski definition) is 0. The molecule has 7 aromatic carbocycles. The zero-order valence-corrected chi connectivity index (χ0v) is 26.1. The summed E-state index contributed by atoms with van der Waals surface area (Å²) in [7, 11) is 0. The molecular formula is C45H30N4. The van der Waals surface area contributed by atoms with Crippen molar-refractivity contribution in [1.29, 1.82) is 0 Å². The molecule has 0 radical (unpaired) electrons. The number of para-hydroxylation sites is 1. The van der Waals surface area contributed by atoms with Crippen molar-refractivity contribution in [1.82, 2.24) is 19.5 Å². The Labute approximate surface area is 294 Å². The average Bonchev–Trinajstić information content (AvgIpc) is 3.62. The molecule has 230 valence electrons. The number of benzene rings is 7. The van der Waals surface area contributed by atoms with Crippen LogP contribution in [-0.2, 0) is 0 Å². The van der Waals surface area contributed by atoms with Crippen molar-refractivity contribution < 1.29 is 9.60 Å². The molecule has 2 aromatic heterocycles. The van der Waals surface area contributed by atoms with E-state index in [2.05, 4.69) is 0 Å². The van der Waals surface area contributed by atoms with Gasteiger partial charge in [0.1, 0.15) is 0 Å². The molecule has 4 nitrogen and oxygen atoms in total. The van der Waals surface area contributed by atoms with Gasteiger partial charge in [-0.1, -0.05) is 145 Å². The van der Waals surface area contributed by atoms with Crippen LogP contribution in [0.15, 0.2) is 182 Å². The van der Waals surface area contributed by atoms with Crippen LogP contribution < -0.4 is 0 Å². The van der Waals surface area contributed by atoms with Crippen LogP contribution in [0.1, 0.15) is 9.60 Å². The van der Waals surface area contributed by atoms with Crippen LogP contribution in [0.4, 0.5) is 0 Å². The second-order valence-electron chi connectivity index (χ2n) is 11.6. The normalized spacial score (nSPS) is 13.3. The first kappa shape index (κ1) is 22.0. The lowest BCUT2D eigenvalue weighted by Crippen LogP contribution is -2.00. The molecule has 0 aliphatic rings. The minimum Gasteiger partial charge on any atom is -0.309 e. The van der Waals surface area contributed by atoms with E-state index in [1.54, 1.807) is 16.7 Å². The maximum Gasteiger partial charge on any atom is 0.164 e. The summed E-state index contributed by atoms with van der Waals surface area (Å²) in [6.45, 7) is 0. The van der Waals surface area contributed by atoms with Gasteiger partial charge in [0.05, 0.1) is 20.6 Å². The summed E-state index contributed by atoms with van der Waals surface area (Å²) in [5.74, 6) is 1.45. The number of rotatable bonds is 6. The standard InChI is InChI=1S/C45H30N4/c1-4-12-31(13-5-1)32-20-22-33(23-21-32)37-26-29-40-39-18-10-11-19-41(39)49(42(40)30-37)38-27-24-36(25-28-38)45-47-43(34-14-6-2-7-15-34)46-44(48-45)35-16-8-3-9-17-35/h1-30H/i10D,11D,18D,19D,26D,29D,30D. The molecule has 0 spiro atoms. The molecule has 0 atom stereocenters. The van der Waals surface area contributed by atoms with Crippen molar-refractivity contribution in [3.63, 3.8) is 0 Å². The molecule has 0 N–H and O–H groups in total. The minimum absolute atomic E-state index is 0.0666. The summed E-state index contributed by atoms with van der Waals surface area (Å²) in [5.41, 5.74) is 5.94. The summed E-state index contributed by atoms with van der Waals surface area (Å²) < 4.78 is 64.7. The zero-order chi connectivity index (χ0) is 38.7. The highest BCUT2D eigenvalue weighted by Gasteiger charge is 2.15. The Morgan fingerprint density at radius 3 is 1.37 bits per heavy atom. The Balaban J connectivity index is 1.26. The second-order valence-corrected chi connectivity index (χ2v) is 11.6. The van der Waals surface area contributed by atoms with E-state index < -0.39 is 12.1 Å². The molecule has 0 saturated heterocycles. The summed E-state index contributed by atoms with van der Waals surface area (Å²) in [6, 6.07) is 41.9. The Morgan fingerprint density at radius 1 is 0.367 bits per heavy atom. The van der Waals surface area contributed by atoms with Gasteiger partial charge in [-0.2, -0.15) is 0 Å². The quantitative estimate of drug-likeness (QED) is 0.183. The Kier molecular flexibility index (Phi) is 5.47. The lowest BCUT2D eigenvalue weighted by Gasteiger charge is -2.11. The van der Waals surface area contributed by atoms with Crippen LogP contribution in [0, 0.1) is 0 Å². The van der Waals surface area contributed by atoms with Crippen LogP contribution in [0.25, 0.3) is 83.9 Å². The van der Waals surface area contributed by atoms with Crippen LogP contribution >= 0.6 is 0 Å². The number of aromatic nitrogens is 4. The monoisotopic (exact) mass is 633 g/mol. The van der Waals surface area contributed by atoms with Crippen LogP contribution in [0.5, 0.6) is 0 Å². The fourth-order valence-corrected chi connectivity index (χ4v) is 6.07. The molecule has 0 fully saturated rings. The van der Waals surface area contributed by atoms with Crippen molar-refractivity contribution in [2.24, 2.45) is 0 Å². The third-order valence-corrected chi connectivity index (χ3v) is 8.52. The summed E-state index contributed by atoms with van der Waals surface area (Å²) in [4.78, 5) is 14.5. The highest BCUT2D eigenvalue weighted by atomic mass is 15.0. The maximum atomic E-state index is 9.62. The predicted octanol–water partition coefficient (Wildman–Crippen LogP) is 11.3. The molecule has 0 unspecified atom stereocenters. The van der Waals surface area contributed by atoms with E-state index in [0.29, 0.717) is 34.3 Å². The van der Waals surface area contributed by atoms with Gasteiger partial charge in [0.2, 0.25) is 0 Å². The molecule has 9 rings (SSSR count). The zero-order valence-electron chi connectivity index (χ0n) is 33.1. The predicted molar refractivity (Wildman–Crippen MR) is 201 cm³/mol. The van der Waals surface area contributed by atoms with Gasteiger partial charge in [-0.25, -0.2) is 15.0 Å². The Bertz CT molecular complexity index is 2900. The van der Waals surface area contributed by atoms with Gasteiger partial charge in [0.15, 0.2) is 17.5 Å². The molecule has 0 aliphatic carbocycles. The lowest BCUT2D eigenvalue weighted by molar-refractivity contribution is 1.07. The molecule has 0 amide bonds. The first-order valence-electron chi connectivity index (χ1n) is 19.4. The van der Waals surface area contributed by atoms with Crippen LogP contribution in [0.3, 0.4) is 0 Å². The summed E-state index contributed by atoms with van der Waals surface area (Å²) in [6.07, 6.45) is 0. The Morgan fingerprint density at radius 2 is 0.796 bits per heavy atom. The first-order valence-corrected chi connectivity index (χ1v) is 15.9. The van der Waals surface area contributed by atoms with Gasteiger partial charge in [-0.05, 0) is 58.6 Å². The van der Waals surface area contributed by atoms with E-state index in [9.17, 15) is 2.74 Å². The van der Waals surface area contributed by atoms with E-state index >= 15 is 0 Å². The highest BCUT2D eigenvalue weighted by Crippen LogP contribution is 2.36. The van der Waals surface area contributed by atoms with E-state index in [1.165, 1.54) is 0 Å². The van der Waals surface area contributed by atoms with E-state index in [0.717, 1.165) is 22.3 Å². The first-order chi connectivity index (χ1) is 27.2. The molecule has 0 bridgehead atoms. The van der Waals surface area contributed by atoms with Gasteiger partial charge in [-0.15, -0.1) is 0 Å². The number of hydrogen-bond acceptors (Lipinski definition) is 3. The second kappa shape index (κ2) is 12.2. The van der Waals surface area contributed by atoms with Gasteiger partial charge in [0, 0.05) is 33.2 Å². The van der Waals surface area contributed by atoms with Crippen molar-refractivity contribution in [2.45, 2.75) is 0 Å². The molecular weight excluding hydrogens is 597 g/mol. The van der Waals surface area contributed by atoms with Crippen molar-refractivity contribution in [3.8, 4) is 62.1 Å². The van der Waals surface area contributed by atoms with E-state index in [-0.39, 0.29) is 57.6 Å². The van der Waals surface area contributed by atoms with Crippen LogP contribution in [0.2, 0.25) is 0 Å². The SMILES string of the molecule is [2H]c1c([2H])c([2H])c2c(c1[2H])c1c([2H])c([2H])c(-c3ccc(-c4ccccc4)cc3)c([2H])c1n2-c1ccc(-c2nc(-c3ccccc3)nc(-c3ccccc3)n2)cc1. The molecule has 0 aliphatic heterocycles. The van der Waals surface area contributed by atoms with Crippen molar-refractivity contribution in [2.75, 3.05) is 0 Å². The van der Waals surface area contributed by atoms with Crippen LogP contribution in [-0.4, -0.2) is 19.5 Å². The van der Waals surface area contributed by atoms with Gasteiger partial charge in [-0.3, -0.25) is 0 Å². The molecule has 9 aromatic rings. The third-order valence-electron chi connectivity index (χ3n) is 8.52. The smallest absolute Gasteiger partial charge is 0.164 e. The maximum absolute atomic E-state index is 9.62. The van der Waals surface area contributed by atoms with Gasteiger partial charge < -0.3 is 4.57 Å². The largest absolute Gasteiger partial charge is 0.309 e. The lowest BCUT2D eigenvalue weighted by atomic mass is 9.99. The van der Waals surface area contributed by atoms with Gasteiger partial charge in [0.25, 0.3) is 0 Å². The van der Waals surface area contributed by atoms with E-state index in [4.69, 9.17) is 21.8 Å². The number of nitrogens with zero attached hydrogens (tertiary/aromatic N) is 4. The van der Waals surface area contributed by atoms with Crippen molar-refractivity contribution >= 4 is 21.8 Å². The molecule has 4 heteroatoms. The summed E-state index contributed by atoms with van der Waals surface area (Å²) in [5, 5.41) is 0.207. The summed E-state index contributed by atoms with van der Waals surface area (Å²) >= 11 is 0. The van der Waals surface area contributed by atoms with E-state index in [1.807, 2.05) is 127 Å². The highest BCUT2D eigenvalue weighted by molar-refractivity contribution is 6.10.